The minimum Gasteiger partial charge on any atom is -0.321 e. The highest BCUT2D eigenvalue weighted by Crippen LogP contribution is 2.18. The molecule has 0 aliphatic heterocycles. The SMILES string of the molecule is Cc1c(C(=O)Nc2ccc(S(C)(=O)=O)cc2)nn(C)c1C/C=C\C=C/CC(F)F. The number of sulfone groups is 1. The molecule has 0 atom stereocenters. The van der Waals surface area contributed by atoms with Crippen molar-refractivity contribution in [2.75, 3.05) is 11.6 Å². The van der Waals surface area contributed by atoms with E-state index >= 15 is 0 Å². The van der Waals surface area contributed by atoms with Crippen molar-refractivity contribution in [2.45, 2.75) is 31.1 Å². The van der Waals surface area contributed by atoms with E-state index in [-0.39, 0.29) is 17.0 Å². The Morgan fingerprint density at radius 2 is 1.83 bits per heavy atom. The molecule has 1 aromatic heterocycles. The molecule has 0 radical (unpaired) electrons. The second-order valence-corrected chi connectivity index (χ2v) is 8.50. The Bertz CT molecular complexity index is 1020. The number of aryl methyl sites for hydroxylation is 1. The molecule has 0 unspecified atom stereocenters. The topological polar surface area (TPSA) is 81.1 Å². The number of allylic oxidation sites excluding steroid dienone is 4. The fourth-order valence-electron chi connectivity index (χ4n) is 2.66. The molecule has 0 saturated carbocycles. The van der Waals surface area contributed by atoms with Crippen LogP contribution in [0, 0.1) is 6.92 Å². The predicted molar refractivity (Wildman–Crippen MR) is 108 cm³/mol. The van der Waals surface area contributed by atoms with Gasteiger partial charge in [0.15, 0.2) is 15.5 Å². The number of hydrogen-bond donors (Lipinski definition) is 1. The van der Waals surface area contributed by atoms with Crippen LogP contribution in [0.2, 0.25) is 0 Å². The second-order valence-electron chi connectivity index (χ2n) is 6.48. The number of alkyl halides is 2. The highest BCUT2D eigenvalue weighted by Gasteiger charge is 2.18. The van der Waals surface area contributed by atoms with Crippen LogP contribution in [-0.2, 0) is 23.3 Å². The van der Waals surface area contributed by atoms with Gasteiger partial charge in [-0.25, -0.2) is 17.2 Å². The molecule has 6 nitrogen and oxygen atoms in total. The van der Waals surface area contributed by atoms with Gasteiger partial charge in [0.05, 0.1) is 4.90 Å². The summed E-state index contributed by atoms with van der Waals surface area (Å²) in [5.74, 6) is -0.405. The van der Waals surface area contributed by atoms with Crippen LogP contribution in [0.5, 0.6) is 0 Å². The minimum atomic E-state index is -3.31. The van der Waals surface area contributed by atoms with Gasteiger partial charge in [-0.15, -0.1) is 0 Å². The molecule has 0 fully saturated rings. The van der Waals surface area contributed by atoms with Crippen LogP contribution in [0.25, 0.3) is 0 Å². The summed E-state index contributed by atoms with van der Waals surface area (Å²) in [6.07, 6.45) is 5.40. The lowest BCUT2D eigenvalue weighted by atomic mass is 10.1. The highest BCUT2D eigenvalue weighted by molar-refractivity contribution is 7.90. The number of nitrogens with one attached hydrogen (secondary N) is 1. The van der Waals surface area contributed by atoms with Crippen LogP contribution < -0.4 is 5.32 Å². The third kappa shape index (κ3) is 6.35. The van der Waals surface area contributed by atoms with E-state index in [2.05, 4.69) is 10.4 Å². The van der Waals surface area contributed by atoms with Gasteiger partial charge in [-0.3, -0.25) is 9.48 Å². The number of halogens is 2. The summed E-state index contributed by atoms with van der Waals surface area (Å²) in [4.78, 5) is 12.7. The van der Waals surface area contributed by atoms with Crippen LogP contribution in [0.1, 0.15) is 28.2 Å². The van der Waals surface area contributed by atoms with Crippen LogP contribution in [0.15, 0.2) is 53.5 Å². The molecule has 1 aromatic carbocycles. The minimum absolute atomic E-state index is 0.168. The zero-order chi connectivity index (χ0) is 21.6. The first kappa shape index (κ1) is 22.5. The van der Waals surface area contributed by atoms with Crippen molar-refractivity contribution in [3.05, 3.63) is 65.5 Å². The molecule has 29 heavy (non-hydrogen) atoms. The van der Waals surface area contributed by atoms with E-state index in [1.54, 1.807) is 36.9 Å². The van der Waals surface area contributed by atoms with Crippen molar-refractivity contribution in [2.24, 2.45) is 7.05 Å². The first-order chi connectivity index (χ1) is 13.6. The highest BCUT2D eigenvalue weighted by atomic mass is 32.2. The molecule has 1 heterocycles. The van der Waals surface area contributed by atoms with E-state index in [1.165, 1.54) is 30.3 Å². The third-order valence-electron chi connectivity index (χ3n) is 4.19. The van der Waals surface area contributed by atoms with Gasteiger partial charge in [-0.2, -0.15) is 5.10 Å². The number of carbonyl (C=O) groups excluding carboxylic acids is 1. The molecule has 0 aliphatic rings. The van der Waals surface area contributed by atoms with Gasteiger partial charge in [0.1, 0.15) is 0 Å². The average Bonchev–Trinajstić information content (AvgIpc) is 2.92. The summed E-state index contributed by atoms with van der Waals surface area (Å²) >= 11 is 0. The van der Waals surface area contributed by atoms with E-state index in [9.17, 15) is 22.0 Å². The molecule has 2 rings (SSSR count). The normalized spacial score (nSPS) is 12.3. The zero-order valence-electron chi connectivity index (χ0n) is 16.4. The van der Waals surface area contributed by atoms with Gasteiger partial charge in [-0.05, 0) is 31.2 Å². The van der Waals surface area contributed by atoms with Gasteiger partial charge in [0, 0.05) is 43.1 Å². The fourth-order valence-corrected chi connectivity index (χ4v) is 3.29. The van der Waals surface area contributed by atoms with Crippen molar-refractivity contribution in [3.8, 4) is 0 Å². The molecule has 0 bridgehead atoms. The lowest BCUT2D eigenvalue weighted by molar-refractivity contribution is 0.102. The molecular formula is C20H23F2N3O3S. The number of nitrogens with zero attached hydrogens (tertiary/aromatic N) is 2. The van der Waals surface area contributed by atoms with Crippen LogP contribution in [-0.4, -0.2) is 36.8 Å². The van der Waals surface area contributed by atoms with Crippen molar-refractivity contribution in [3.63, 3.8) is 0 Å². The van der Waals surface area contributed by atoms with E-state index in [1.807, 2.05) is 0 Å². The molecule has 156 valence electrons. The summed E-state index contributed by atoms with van der Waals surface area (Å²) in [7, 11) is -1.58. The smallest absolute Gasteiger partial charge is 0.276 e. The molecule has 2 aromatic rings. The van der Waals surface area contributed by atoms with Gasteiger partial charge in [0.2, 0.25) is 6.43 Å². The average molecular weight is 423 g/mol. The van der Waals surface area contributed by atoms with E-state index in [0.717, 1.165) is 11.9 Å². The Hall–Kier alpha value is -2.81. The number of amides is 1. The van der Waals surface area contributed by atoms with Gasteiger partial charge in [-0.1, -0.05) is 24.3 Å². The Kier molecular flexibility index (Phi) is 7.44. The van der Waals surface area contributed by atoms with E-state index < -0.39 is 22.2 Å². The van der Waals surface area contributed by atoms with E-state index in [0.29, 0.717) is 17.7 Å². The Morgan fingerprint density at radius 3 is 2.41 bits per heavy atom. The Morgan fingerprint density at radius 1 is 1.21 bits per heavy atom. The van der Waals surface area contributed by atoms with Crippen molar-refractivity contribution < 1.29 is 22.0 Å². The molecule has 1 N–H and O–H groups in total. The molecule has 9 heteroatoms. The summed E-state index contributed by atoms with van der Waals surface area (Å²) in [5.41, 5.74) is 2.24. The second kappa shape index (κ2) is 9.60. The number of rotatable bonds is 8. The molecule has 0 saturated heterocycles. The first-order valence-electron chi connectivity index (χ1n) is 8.83. The van der Waals surface area contributed by atoms with Crippen molar-refractivity contribution in [1.82, 2.24) is 9.78 Å². The molecule has 0 spiro atoms. The maximum Gasteiger partial charge on any atom is 0.276 e. The van der Waals surface area contributed by atoms with Gasteiger partial charge in [0.25, 0.3) is 5.91 Å². The lowest BCUT2D eigenvalue weighted by Crippen LogP contribution is -2.14. The van der Waals surface area contributed by atoms with E-state index in [4.69, 9.17) is 0 Å². The van der Waals surface area contributed by atoms with Crippen LogP contribution in [0.4, 0.5) is 14.5 Å². The largest absolute Gasteiger partial charge is 0.321 e. The molecular weight excluding hydrogens is 400 g/mol. The number of anilines is 1. The first-order valence-corrected chi connectivity index (χ1v) is 10.7. The fraction of sp³-hybridized carbons (Fsp3) is 0.300. The van der Waals surface area contributed by atoms with Crippen molar-refractivity contribution in [1.29, 1.82) is 0 Å². The van der Waals surface area contributed by atoms with Gasteiger partial charge < -0.3 is 5.32 Å². The third-order valence-corrected chi connectivity index (χ3v) is 5.32. The molecule has 0 aliphatic carbocycles. The quantitative estimate of drug-likeness (QED) is 0.657. The number of benzene rings is 1. The van der Waals surface area contributed by atoms with Crippen LogP contribution in [0.3, 0.4) is 0 Å². The van der Waals surface area contributed by atoms with Crippen LogP contribution >= 0.6 is 0 Å². The Balaban J connectivity index is 2.07. The zero-order valence-corrected chi connectivity index (χ0v) is 17.2. The lowest BCUT2D eigenvalue weighted by Gasteiger charge is -2.05. The molecule has 1 amide bonds. The number of aromatic nitrogens is 2. The number of carbonyl (C=O) groups is 1. The summed E-state index contributed by atoms with van der Waals surface area (Å²) in [6, 6.07) is 5.88. The number of hydrogen-bond acceptors (Lipinski definition) is 4. The maximum atomic E-state index is 12.6. The Labute approximate surface area is 168 Å². The standard InChI is InChI=1S/C20H23F2N3O3S/c1-14-17(8-6-4-5-7-9-18(21)22)25(2)24-19(14)20(26)23-15-10-12-16(13-11-15)29(3,27)28/h4-7,10-13,18H,8-9H2,1-3H3,(H,23,26)/b6-4-,7-5-. The monoisotopic (exact) mass is 423 g/mol. The summed E-state index contributed by atoms with van der Waals surface area (Å²) < 4.78 is 48.7. The predicted octanol–water partition coefficient (Wildman–Crippen LogP) is 3.69. The summed E-state index contributed by atoms with van der Waals surface area (Å²) in [5, 5.41) is 6.96. The van der Waals surface area contributed by atoms with Gasteiger partial charge >= 0.3 is 0 Å². The maximum absolute atomic E-state index is 12.6. The van der Waals surface area contributed by atoms with Crippen molar-refractivity contribution >= 4 is 21.4 Å². The summed E-state index contributed by atoms with van der Waals surface area (Å²) in [6.45, 7) is 1.78.